The molecule has 0 aromatic heterocycles. The molecule has 1 aromatic rings. The van der Waals surface area contributed by atoms with Crippen LogP contribution in [0.25, 0.3) is 0 Å². The Bertz CT molecular complexity index is 466. The fraction of sp³-hybridized carbons (Fsp3) is 0.588. The molecule has 1 fully saturated rings. The highest BCUT2D eigenvalue weighted by atomic mass is 16.5. The second-order valence-electron chi connectivity index (χ2n) is 6.04. The Kier molecular flexibility index (Phi) is 4.36. The second kappa shape index (κ2) is 6.40. The number of carbonyl (C=O) groups excluding carboxylic acids is 1. The summed E-state index contributed by atoms with van der Waals surface area (Å²) in [5.41, 5.74) is 2.56. The van der Waals surface area contributed by atoms with E-state index >= 15 is 0 Å². The number of nitrogens with one attached hydrogen (secondary N) is 1. The second-order valence-corrected chi connectivity index (χ2v) is 6.04. The largest absolute Gasteiger partial charge is 0.464 e. The summed E-state index contributed by atoms with van der Waals surface area (Å²) in [6.07, 6.45) is 7.10. The van der Waals surface area contributed by atoms with Crippen LogP contribution in [0.1, 0.15) is 43.2 Å². The highest BCUT2D eigenvalue weighted by Gasteiger charge is 2.26. The van der Waals surface area contributed by atoms with E-state index in [9.17, 15) is 4.79 Å². The van der Waals surface area contributed by atoms with Crippen molar-refractivity contribution < 1.29 is 9.53 Å². The zero-order valence-electron chi connectivity index (χ0n) is 11.9. The summed E-state index contributed by atoms with van der Waals surface area (Å²) in [6, 6.07) is 8.13. The molecule has 3 nitrogen and oxygen atoms in total. The van der Waals surface area contributed by atoms with Crippen LogP contribution in [0.5, 0.6) is 0 Å². The first-order valence-corrected chi connectivity index (χ1v) is 7.80. The molecule has 20 heavy (non-hydrogen) atoms. The van der Waals surface area contributed by atoms with Gasteiger partial charge >= 0.3 is 5.97 Å². The normalized spacial score (nSPS) is 23.1. The van der Waals surface area contributed by atoms with Crippen LogP contribution in [-0.2, 0) is 22.5 Å². The maximum absolute atomic E-state index is 12.2. The third kappa shape index (κ3) is 3.21. The van der Waals surface area contributed by atoms with Crippen molar-refractivity contribution in [2.45, 2.75) is 51.1 Å². The lowest BCUT2D eigenvalue weighted by Gasteiger charge is -2.26. The van der Waals surface area contributed by atoms with Crippen molar-refractivity contribution in [2.24, 2.45) is 5.92 Å². The first-order valence-electron chi connectivity index (χ1n) is 7.80. The lowest BCUT2D eigenvalue weighted by Crippen LogP contribution is -2.43. The molecule has 1 atom stereocenters. The first kappa shape index (κ1) is 13.6. The van der Waals surface area contributed by atoms with Gasteiger partial charge in [0, 0.05) is 6.54 Å². The average Bonchev–Trinajstić information content (AvgIpc) is 2.53. The molecule has 3 rings (SSSR count). The molecule has 0 amide bonds. The van der Waals surface area contributed by atoms with E-state index in [0.717, 1.165) is 13.0 Å². The van der Waals surface area contributed by atoms with Gasteiger partial charge in [0.15, 0.2) is 0 Å². The molecular formula is C17H23NO2. The van der Waals surface area contributed by atoms with Gasteiger partial charge in [0.05, 0.1) is 6.61 Å². The summed E-state index contributed by atoms with van der Waals surface area (Å²) in [4.78, 5) is 12.2. The molecule has 1 N–H and O–H groups in total. The van der Waals surface area contributed by atoms with Gasteiger partial charge < -0.3 is 10.1 Å². The Morgan fingerprint density at radius 2 is 1.90 bits per heavy atom. The molecule has 0 saturated heterocycles. The Hall–Kier alpha value is -1.35. The molecule has 108 valence electrons. The summed E-state index contributed by atoms with van der Waals surface area (Å²) in [5.74, 6) is 0.508. The van der Waals surface area contributed by atoms with E-state index in [2.05, 4.69) is 17.4 Å². The van der Waals surface area contributed by atoms with E-state index < -0.39 is 0 Å². The average molecular weight is 273 g/mol. The number of fused-ring (bicyclic) bond motifs is 1. The molecule has 1 aromatic carbocycles. The lowest BCUT2D eigenvalue weighted by atomic mass is 9.90. The number of hydrogen-bond acceptors (Lipinski definition) is 3. The summed E-state index contributed by atoms with van der Waals surface area (Å²) in [6.45, 7) is 1.37. The number of rotatable bonds is 3. The molecule has 1 aliphatic heterocycles. The van der Waals surface area contributed by atoms with E-state index in [1.165, 1.54) is 43.2 Å². The van der Waals surface area contributed by atoms with Crippen LogP contribution in [0.15, 0.2) is 24.3 Å². The van der Waals surface area contributed by atoms with Gasteiger partial charge in [0.2, 0.25) is 0 Å². The zero-order valence-corrected chi connectivity index (χ0v) is 11.9. The molecule has 1 saturated carbocycles. The van der Waals surface area contributed by atoms with Crippen molar-refractivity contribution in [3.63, 3.8) is 0 Å². The minimum atomic E-state index is -0.173. The van der Waals surface area contributed by atoms with E-state index in [1.54, 1.807) is 0 Å². The minimum Gasteiger partial charge on any atom is -0.464 e. The zero-order chi connectivity index (χ0) is 13.8. The standard InChI is InChI=1S/C17H23NO2/c19-17(20-12-13-6-2-1-3-7-13)16-10-14-8-4-5-9-15(14)11-18-16/h4-5,8-9,13,16,18H,1-3,6-7,10-12H2. The van der Waals surface area contributed by atoms with Crippen LogP contribution >= 0.6 is 0 Å². The lowest BCUT2D eigenvalue weighted by molar-refractivity contribution is -0.148. The van der Waals surface area contributed by atoms with Crippen LogP contribution in [0.3, 0.4) is 0 Å². The monoisotopic (exact) mass is 273 g/mol. The number of esters is 1. The Morgan fingerprint density at radius 1 is 1.15 bits per heavy atom. The Labute approximate surface area is 120 Å². The van der Waals surface area contributed by atoms with E-state index in [4.69, 9.17) is 4.74 Å². The highest BCUT2D eigenvalue weighted by molar-refractivity contribution is 5.76. The number of benzene rings is 1. The van der Waals surface area contributed by atoms with Crippen LogP contribution in [0.2, 0.25) is 0 Å². The van der Waals surface area contributed by atoms with Crippen LogP contribution in [0, 0.1) is 5.92 Å². The van der Waals surface area contributed by atoms with Gasteiger partial charge in [-0.2, -0.15) is 0 Å². The van der Waals surface area contributed by atoms with E-state index in [0.29, 0.717) is 12.5 Å². The van der Waals surface area contributed by atoms with Crippen LogP contribution in [0.4, 0.5) is 0 Å². The van der Waals surface area contributed by atoms with Crippen LogP contribution in [-0.4, -0.2) is 18.6 Å². The van der Waals surface area contributed by atoms with Crippen LogP contribution < -0.4 is 5.32 Å². The summed E-state index contributed by atoms with van der Waals surface area (Å²) < 4.78 is 5.53. The molecule has 3 heteroatoms. The predicted molar refractivity (Wildman–Crippen MR) is 78.3 cm³/mol. The van der Waals surface area contributed by atoms with Crippen molar-refractivity contribution in [1.29, 1.82) is 0 Å². The SMILES string of the molecule is O=C(OCC1CCCCC1)C1Cc2ccccc2CN1. The van der Waals surface area contributed by atoms with Gasteiger partial charge in [0.1, 0.15) is 6.04 Å². The fourth-order valence-corrected chi connectivity index (χ4v) is 3.28. The molecular weight excluding hydrogens is 250 g/mol. The molecule has 0 spiro atoms. The Morgan fingerprint density at radius 3 is 2.70 bits per heavy atom. The van der Waals surface area contributed by atoms with Crippen molar-refractivity contribution in [3.8, 4) is 0 Å². The number of carbonyl (C=O) groups is 1. The third-order valence-corrected chi connectivity index (χ3v) is 4.55. The molecule has 0 bridgehead atoms. The van der Waals surface area contributed by atoms with Crippen molar-refractivity contribution in [3.05, 3.63) is 35.4 Å². The van der Waals surface area contributed by atoms with Gasteiger partial charge in [-0.25, -0.2) is 0 Å². The van der Waals surface area contributed by atoms with E-state index in [1.807, 2.05) is 12.1 Å². The maximum atomic E-state index is 12.2. The summed E-state index contributed by atoms with van der Waals surface area (Å²) in [7, 11) is 0. The smallest absolute Gasteiger partial charge is 0.323 e. The van der Waals surface area contributed by atoms with Crippen molar-refractivity contribution >= 4 is 5.97 Å². The predicted octanol–water partition coefficient (Wildman–Crippen LogP) is 2.82. The number of hydrogen-bond donors (Lipinski definition) is 1. The summed E-state index contributed by atoms with van der Waals surface area (Å²) >= 11 is 0. The van der Waals surface area contributed by atoms with E-state index in [-0.39, 0.29) is 12.0 Å². The topological polar surface area (TPSA) is 38.3 Å². The van der Waals surface area contributed by atoms with Gasteiger partial charge in [-0.1, -0.05) is 43.5 Å². The van der Waals surface area contributed by atoms with Gasteiger partial charge in [0.25, 0.3) is 0 Å². The van der Waals surface area contributed by atoms with Crippen molar-refractivity contribution in [2.75, 3.05) is 6.61 Å². The molecule has 2 aliphatic rings. The van der Waals surface area contributed by atoms with Crippen molar-refractivity contribution in [1.82, 2.24) is 5.32 Å². The maximum Gasteiger partial charge on any atom is 0.323 e. The number of ether oxygens (including phenoxy) is 1. The van der Waals surface area contributed by atoms with Gasteiger partial charge in [-0.05, 0) is 36.3 Å². The first-order chi connectivity index (χ1) is 9.83. The molecule has 1 aliphatic carbocycles. The fourth-order valence-electron chi connectivity index (χ4n) is 3.28. The van der Waals surface area contributed by atoms with Gasteiger partial charge in [-0.3, -0.25) is 4.79 Å². The molecule has 1 unspecified atom stereocenters. The Balaban J connectivity index is 1.51. The highest BCUT2D eigenvalue weighted by Crippen LogP contribution is 2.24. The van der Waals surface area contributed by atoms with Gasteiger partial charge in [-0.15, -0.1) is 0 Å². The molecule has 0 radical (unpaired) electrons. The summed E-state index contributed by atoms with van der Waals surface area (Å²) in [5, 5.41) is 3.29. The third-order valence-electron chi connectivity index (χ3n) is 4.55. The quantitative estimate of drug-likeness (QED) is 0.861. The molecule has 1 heterocycles. The minimum absolute atomic E-state index is 0.0786.